The monoisotopic (exact) mass is 199 g/mol. The van der Waals surface area contributed by atoms with E-state index >= 15 is 0 Å². The average molecular weight is 199 g/mol. The molecule has 1 saturated heterocycles. The second kappa shape index (κ2) is 6.38. The van der Waals surface area contributed by atoms with Gasteiger partial charge in [-0.2, -0.15) is 0 Å². The Labute approximate surface area is 88.5 Å². The Morgan fingerprint density at radius 3 is 2.50 bits per heavy atom. The average Bonchev–Trinajstić information content (AvgIpc) is 2.21. The summed E-state index contributed by atoms with van der Waals surface area (Å²) >= 11 is 0. The van der Waals surface area contributed by atoms with E-state index < -0.39 is 0 Å². The van der Waals surface area contributed by atoms with E-state index in [4.69, 9.17) is 0 Å². The van der Waals surface area contributed by atoms with Gasteiger partial charge in [-0.05, 0) is 46.6 Å². The molecule has 3 heteroatoms. The molecule has 1 heterocycles. The lowest BCUT2D eigenvalue weighted by Crippen LogP contribution is -2.45. The van der Waals surface area contributed by atoms with Crippen LogP contribution in [0.15, 0.2) is 0 Å². The third-order valence-electron chi connectivity index (χ3n) is 3.26. The molecule has 0 unspecified atom stereocenters. The Kier molecular flexibility index (Phi) is 5.45. The van der Waals surface area contributed by atoms with E-state index in [1.54, 1.807) is 0 Å². The number of nitrogens with zero attached hydrogens (tertiary/aromatic N) is 2. The zero-order valence-electron chi connectivity index (χ0n) is 9.92. The van der Waals surface area contributed by atoms with E-state index in [-0.39, 0.29) is 0 Å². The first-order chi connectivity index (χ1) is 6.77. The van der Waals surface area contributed by atoms with Gasteiger partial charge in [0.15, 0.2) is 0 Å². The van der Waals surface area contributed by atoms with Crippen LogP contribution in [0.4, 0.5) is 0 Å². The second-order valence-electron chi connectivity index (χ2n) is 4.27. The molecule has 0 bridgehead atoms. The van der Waals surface area contributed by atoms with Gasteiger partial charge in [0.05, 0.1) is 0 Å². The number of likely N-dealkylation sites (tertiary alicyclic amines) is 1. The Hall–Kier alpha value is -0.120. The maximum atomic E-state index is 3.23. The summed E-state index contributed by atoms with van der Waals surface area (Å²) in [4.78, 5) is 5.05. The lowest BCUT2D eigenvalue weighted by atomic mass is 10.0. The van der Waals surface area contributed by atoms with Gasteiger partial charge in [0.2, 0.25) is 0 Å². The SMILES string of the molecule is CCN(CCNC)C1CCN(C)CC1. The van der Waals surface area contributed by atoms with E-state index in [1.165, 1.54) is 39.0 Å². The van der Waals surface area contributed by atoms with Gasteiger partial charge in [-0.15, -0.1) is 0 Å². The molecule has 0 aromatic rings. The van der Waals surface area contributed by atoms with Crippen LogP contribution in [-0.4, -0.2) is 62.7 Å². The van der Waals surface area contributed by atoms with Crippen molar-refractivity contribution in [3.8, 4) is 0 Å². The molecule has 0 aromatic carbocycles. The maximum Gasteiger partial charge on any atom is 0.0120 e. The summed E-state index contributed by atoms with van der Waals surface area (Å²) in [7, 11) is 4.25. The van der Waals surface area contributed by atoms with Crippen molar-refractivity contribution in [2.75, 3.05) is 46.8 Å². The topological polar surface area (TPSA) is 18.5 Å². The summed E-state index contributed by atoms with van der Waals surface area (Å²) in [5, 5.41) is 3.23. The highest BCUT2D eigenvalue weighted by molar-refractivity contribution is 4.78. The van der Waals surface area contributed by atoms with Crippen molar-refractivity contribution in [1.29, 1.82) is 0 Å². The highest BCUT2D eigenvalue weighted by Crippen LogP contribution is 2.14. The van der Waals surface area contributed by atoms with Crippen molar-refractivity contribution in [2.24, 2.45) is 0 Å². The van der Waals surface area contributed by atoms with Gasteiger partial charge >= 0.3 is 0 Å². The predicted octanol–water partition coefficient (Wildman–Crippen LogP) is 0.622. The fourth-order valence-corrected chi connectivity index (χ4v) is 2.21. The lowest BCUT2D eigenvalue weighted by Gasteiger charge is -2.36. The van der Waals surface area contributed by atoms with Gasteiger partial charge in [-0.25, -0.2) is 0 Å². The molecular weight excluding hydrogens is 174 g/mol. The fraction of sp³-hybridized carbons (Fsp3) is 1.00. The van der Waals surface area contributed by atoms with Gasteiger partial charge in [-0.3, -0.25) is 4.90 Å². The molecule has 0 amide bonds. The Bertz CT molecular complexity index is 139. The van der Waals surface area contributed by atoms with Crippen molar-refractivity contribution < 1.29 is 0 Å². The van der Waals surface area contributed by atoms with Crippen LogP contribution in [-0.2, 0) is 0 Å². The van der Waals surface area contributed by atoms with Crippen LogP contribution in [0.3, 0.4) is 0 Å². The second-order valence-corrected chi connectivity index (χ2v) is 4.27. The molecule has 0 aromatic heterocycles. The molecule has 0 atom stereocenters. The maximum absolute atomic E-state index is 3.23. The van der Waals surface area contributed by atoms with Crippen LogP contribution >= 0.6 is 0 Å². The van der Waals surface area contributed by atoms with Crippen molar-refractivity contribution in [1.82, 2.24) is 15.1 Å². The van der Waals surface area contributed by atoms with E-state index in [9.17, 15) is 0 Å². The molecule has 3 nitrogen and oxygen atoms in total. The minimum Gasteiger partial charge on any atom is -0.318 e. The normalized spacial score (nSPS) is 20.6. The zero-order chi connectivity index (χ0) is 10.4. The standard InChI is InChI=1S/C11H25N3/c1-4-14(10-7-12-2)11-5-8-13(3)9-6-11/h11-12H,4-10H2,1-3H3. The van der Waals surface area contributed by atoms with E-state index in [1.807, 2.05) is 7.05 Å². The smallest absolute Gasteiger partial charge is 0.0120 e. The van der Waals surface area contributed by atoms with Crippen LogP contribution in [0.25, 0.3) is 0 Å². The number of nitrogens with one attached hydrogen (secondary N) is 1. The van der Waals surface area contributed by atoms with Crippen LogP contribution < -0.4 is 5.32 Å². The molecule has 0 spiro atoms. The Morgan fingerprint density at radius 2 is 2.00 bits per heavy atom. The van der Waals surface area contributed by atoms with Gasteiger partial charge in [0.1, 0.15) is 0 Å². The number of likely N-dealkylation sites (N-methyl/N-ethyl adjacent to an activating group) is 2. The number of hydrogen-bond acceptors (Lipinski definition) is 3. The lowest BCUT2D eigenvalue weighted by molar-refractivity contribution is 0.127. The van der Waals surface area contributed by atoms with Crippen molar-refractivity contribution in [3.63, 3.8) is 0 Å². The van der Waals surface area contributed by atoms with Gasteiger partial charge in [0, 0.05) is 19.1 Å². The third-order valence-corrected chi connectivity index (χ3v) is 3.26. The highest BCUT2D eigenvalue weighted by Gasteiger charge is 2.21. The van der Waals surface area contributed by atoms with Crippen LogP contribution in [0, 0.1) is 0 Å². The Balaban J connectivity index is 2.29. The molecule has 0 saturated carbocycles. The van der Waals surface area contributed by atoms with Crippen molar-refractivity contribution >= 4 is 0 Å². The van der Waals surface area contributed by atoms with Crippen molar-refractivity contribution in [2.45, 2.75) is 25.8 Å². The van der Waals surface area contributed by atoms with Crippen LogP contribution in [0.5, 0.6) is 0 Å². The number of rotatable bonds is 5. The summed E-state index contributed by atoms with van der Waals surface area (Å²) in [6, 6.07) is 0.824. The van der Waals surface area contributed by atoms with Gasteiger partial charge in [-0.1, -0.05) is 6.92 Å². The molecule has 0 aliphatic carbocycles. The van der Waals surface area contributed by atoms with E-state index in [2.05, 4.69) is 29.1 Å². The molecule has 0 radical (unpaired) electrons. The van der Waals surface area contributed by atoms with E-state index in [0.29, 0.717) is 0 Å². The number of piperidine rings is 1. The largest absolute Gasteiger partial charge is 0.318 e. The summed E-state index contributed by atoms with van der Waals surface area (Å²) in [6.45, 7) is 8.30. The van der Waals surface area contributed by atoms with Crippen molar-refractivity contribution in [3.05, 3.63) is 0 Å². The summed E-state index contributed by atoms with van der Waals surface area (Å²) in [6.07, 6.45) is 2.68. The summed E-state index contributed by atoms with van der Waals surface area (Å²) in [5.74, 6) is 0. The summed E-state index contributed by atoms with van der Waals surface area (Å²) < 4.78 is 0. The van der Waals surface area contributed by atoms with Gasteiger partial charge in [0.25, 0.3) is 0 Å². The molecule has 1 N–H and O–H groups in total. The molecule has 1 aliphatic heterocycles. The zero-order valence-corrected chi connectivity index (χ0v) is 9.92. The quantitative estimate of drug-likeness (QED) is 0.700. The Morgan fingerprint density at radius 1 is 1.36 bits per heavy atom. The van der Waals surface area contributed by atoms with Crippen LogP contribution in [0.2, 0.25) is 0 Å². The molecular formula is C11H25N3. The highest BCUT2D eigenvalue weighted by atomic mass is 15.2. The predicted molar refractivity (Wildman–Crippen MR) is 61.7 cm³/mol. The first kappa shape index (κ1) is 12.0. The minimum absolute atomic E-state index is 0.824. The van der Waals surface area contributed by atoms with E-state index in [0.717, 1.165) is 12.6 Å². The minimum atomic E-state index is 0.824. The van der Waals surface area contributed by atoms with Gasteiger partial charge < -0.3 is 10.2 Å². The fourth-order valence-electron chi connectivity index (χ4n) is 2.21. The molecule has 1 rings (SSSR count). The van der Waals surface area contributed by atoms with Crippen LogP contribution in [0.1, 0.15) is 19.8 Å². The number of hydrogen-bond donors (Lipinski definition) is 1. The molecule has 14 heavy (non-hydrogen) atoms. The first-order valence-corrected chi connectivity index (χ1v) is 5.85. The molecule has 84 valence electrons. The summed E-state index contributed by atoms with van der Waals surface area (Å²) in [5.41, 5.74) is 0. The third kappa shape index (κ3) is 3.56. The molecule has 1 fully saturated rings. The first-order valence-electron chi connectivity index (χ1n) is 5.85. The molecule has 1 aliphatic rings.